The molecule has 1 aromatic heterocycles. The Bertz CT molecular complexity index is 565. The zero-order valence-electron chi connectivity index (χ0n) is 12.4. The minimum atomic E-state index is 0.00656. The van der Waals surface area contributed by atoms with Gasteiger partial charge in [0, 0.05) is 30.4 Å². The molecule has 1 N–H and O–H groups in total. The minimum absolute atomic E-state index is 0.00656. The monoisotopic (exact) mass is 284 g/mol. The highest BCUT2D eigenvalue weighted by atomic mass is 16.5. The molecule has 4 nitrogen and oxygen atoms in total. The smallest absolute Gasteiger partial charge is 0.222 e. The third-order valence-corrected chi connectivity index (χ3v) is 3.04. The topological polar surface area (TPSA) is 51.2 Å². The molecule has 0 bridgehead atoms. The third kappa shape index (κ3) is 4.91. The summed E-state index contributed by atoms with van der Waals surface area (Å²) in [6, 6.07) is 11.6. The van der Waals surface area contributed by atoms with Gasteiger partial charge < -0.3 is 10.1 Å². The van der Waals surface area contributed by atoms with Crippen LogP contribution in [-0.2, 0) is 17.9 Å². The van der Waals surface area contributed by atoms with Crippen LogP contribution in [0, 0.1) is 5.92 Å². The molecule has 4 heteroatoms. The summed E-state index contributed by atoms with van der Waals surface area (Å²) in [6.07, 6.45) is 3.53. The number of amides is 1. The van der Waals surface area contributed by atoms with Crippen molar-refractivity contribution in [2.75, 3.05) is 0 Å². The number of rotatable bonds is 6. The summed E-state index contributed by atoms with van der Waals surface area (Å²) in [7, 11) is 0. The second kappa shape index (κ2) is 7.43. The van der Waals surface area contributed by atoms with Crippen LogP contribution >= 0.6 is 0 Å². The second-order valence-electron chi connectivity index (χ2n) is 5.17. The zero-order valence-corrected chi connectivity index (χ0v) is 12.4. The lowest BCUT2D eigenvalue weighted by Gasteiger charge is -2.09. The predicted octanol–water partition coefficient (Wildman–Crippen LogP) is 2.93. The van der Waals surface area contributed by atoms with E-state index < -0.39 is 0 Å². The zero-order chi connectivity index (χ0) is 15.1. The molecule has 0 atom stereocenters. The third-order valence-electron chi connectivity index (χ3n) is 3.04. The lowest BCUT2D eigenvalue weighted by Crippen LogP contribution is -2.27. The quantitative estimate of drug-likeness (QED) is 0.887. The Morgan fingerprint density at radius 1 is 1.19 bits per heavy atom. The molecular formula is C17H20N2O2. The summed E-state index contributed by atoms with van der Waals surface area (Å²) < 4.78 is 5.68. The average molecular weight is 284 g/mol. The van der Waals surface area contributed by atoms with Crippen LogP contribution in [-0.4, -0.2) is 10.9 Å². The van der Waals surface area contributed by atoms with Gasteiger partial charge in [0.15, 0.2) is 0 Å². The fourth-order valence-electron chi connectivity index (χ4n) is 1.75. The van der Waals surface area contributed by atoms with E-state index in [0.717, 1.165) is 16.9 Å². The minimum Gasteiger partial charge on any atom is -0.489 e. The Morgan fingerprint density at radius 3 is 2.57 bits per heavy atom. The highest BCUT2D eigenvalue weighted by molar-refractivity contribution is 5.77. The number of nitrogens with zero attached hydrogens (tertiary/aromatic N) is 1. The average Bonchev–Trinajstić information content (AvgIpc) is 2.52. The fourth-order valence-corrected chi connectivity index (χ4v) is 1.75. The number of ether oxygens (including phenoxy) is 1. The molecule has 0 radical (unpaired) electrons. The van der Waals surface area contributed by atoms with Gasteiger partial charge in [0.25, 0.3) is 0 Å². The number of hydrogen-bond acceptors (Lipinski definition) is 3. The van der Waals surface area contributed by atoms with Crippen molar-refractivity contribution in [3.05, 3.63) is 59.9 Å². The lowest BCUT2D eigenvalue weighted by atomic mass is 10.2. The van der Waals surface area contributed by atoms with E-state index >= 15 is 0 Å². The number of carbonyl (C=O) groups excluding carboxylic acids is 1. The first-order chi connectivity index (χ1) is 10.1. The number of carbonyl (C=O) groups is 1. The Kier molecular flexibility index (Phi) is 5.32. The van der Waals surface area contributed by atoms with Crippen molar-refractivity contribution in [2.24, 2.45) is 5.92 Å². The predicted molar refractivity (Wildman–Crippen MR) is 81.7 cm³/mol. The van der Waals surface area contributed by atoms with Gasteiger partial charge in [-0.15, -0.1) is 0 Å². The van der Waals surface area contributed by atoms with E-state index in [2.05, 4.69) is 10.3 Å². The van der Waals surface area contributed by atoms with Crippen LogP contribution in [0.15, 0.2) is 48.8 Å². The molecule has 0 aliphatic rings. The molecule has 110 valence electrons. The van der Waals surface area contributed by atoms with Crippen molar-refractivity contribution >= 4 is 5.91 Å². The fraction of sp³-hybridized carbons (Fsp3) is 0.294. The van der Waals surface area contributed by atoms with Gasteiger partial charge in [-0.1, -0.05) is 32.0 Å². The molecule has 21 heavy (non-hydrogen) atoms. The van der Waals surface area contributed by atoms with Gasteiger partial charge in [0.05, 0.1) is 0 Å². The largest absolute Gasteiger partial charge is 0.489 e. The van der Waals surface area contributed by atoms with E-state index in [9.17, 15) is 4.79 Å². The van der Waals surface area contributed by atoms with Gasteiger partial charge in [0.1, 0.15) is 12.4 Å². The molecule has 1 aromatic carbocycles. The summed E-state index contributed by atoms with van der Waals surface area (Å²) in [5.41, 5.74) is 2.09. The molecular weight excluding hydrogens is 264 g/mol. The second-order valence-corrected chi connectivity index (χ2v) is 5.17. The highest BCUT2D eigenvalue weighted by Gasteiger charge is 2.05. The summed E-state index contributed by atoms with van der Waals surface area (Å²) in [5.74, 6) is 0.872. The van der Waals surface area contributed by atoms with Crippen molar-refractivity contribution in [3.63, 3.8) is 0 Å². The normalized spacial score (nSPS) is 10.4. The van der Waals surface area contributed by atoms with E-state index in [0.29, 0.717) is 13.2 Å². The number of hydrogen-bond donors (Lipinski definition) is 1. The lowest BCUT2D eigenvalue weighted by molar-refractivity contribution is -0.124. The Hall–Kier alpha value is -2.36. The molecule has 0 fully saturated rings. The van der Waals surface area contributed by atoms with Gasteiger partial charge in [0.2, 0.25) is 5.91 Å². The first kappa shape index (κ1) is 15.0. The van der Waals surface area contributed by atoms with E-state index in [1.807, 2.05) is 50.2 Å². The number of pyridine rings is 1. The van der Waals surface area contributed by atoms with E-state index in [-0.39, 0.29) is 11.8 Å². The molecule has 0 aliphatic carbocycles. The standard InChI is InChI=1S/C17H20N2O2/c1-13(2)17(20)19-11-14-5-7-16(8-6-14)21-12-15-4-3-9-18-10-15/h3-10,13H,11-12H2,1-2H3,(H,19,20). The SMILES string of the molecule is CC(C)C(=O)NCc1ccc(OCc2cccnc2)cc1. The maximum Gasteiger partial charge on any atom is 0.222 e. The molecule has 2 rings (SSSR count). The highest BCUT2D eigenvalue weighted by Crippen LogP contribution is 2.14. The Morgan fingerprint density at radius 2 is 1.95 bits per heavy atom. The van der Waals surface area contributed by atoms with Crippen molar-refractivity contribution < 1.29 is 9.53 Å². The van der Waals surface area contributed by atoms with Crippen LogP contribution in [0.25, 0.3) is 0 Å². The van der Waals surface area contributed by atoms with Gasteiger partial charge in [-0.3, -0.25) is 9.78 Å². The maximum atomic E-state index is 11.5. The Labute approximate surface area is 125 Å². The number of aromatic nitrogens is 1. The molecule has 0 unspecified atom stereocenters. The summed E-state index contributed by atoms with van der Waals surface area (Å²) in [6.45, 7) is 4.80. The van der Waals surface area contributed by atoms with Gasteiger partial charge >= 0.3 is 0 Å². The molecule has 1 heterocycles. The van der Waals surface area contributed by atoms with Crippen molar-refractivity contribution in [2.45, 2.75) is 27.0 Å². The number of nitrogens with one attached hydrogen (secondary N) is 1. The van der Waals surface area contributed by atoms with Crippen LogP contribution in [0.1, 0.15) is 25.0 Å². The molecule has 2 aromatic rings. The molecule has 0 saturated heterocycles. The Balaban J connectivity index is 1.83. The van der Waals surface area contributed by atoms with Gasteiger partial charge in [-0.25, -0.2) is 0 Å². The van der Waals surface area contributed by atoms with Crippen molar-refractivity contribution in [3.8, 4) is 5.75 Å². The number of benzene rings is 1. The van der Waals surface area contributed by atoms with Crippen molar-refractivity contribution in [1.29, 1.82) is 0 Å². The van der Waals surface area contributed by atoms with Gasteiger partial charge in [-0.2, -0.15) is 0 Å². The van der Waals surface area contributed by atoms with Crippen LogP contribution in [0.2, 0.25) is 0 Å². The molecule has 0 aliphatic heterocycles. The van der Waals surface area contributed by atoms with Crippen LogP contribution in [0.3, 0.4) is 0 Å². The molecule has 0 saturated carbocycles. The van der Waals surface area contributed by atoms with E-state index in [1.165, 1.54) is 0 Å². The molecule has 1 amide bonds. The summed E-state index contributed by atoms with van der Waals surface area (Å²) >= 11 is 0. The van der Waals surface area contributed by atoms with Crippen LogP contribution < -0.4 is 10.1 Å². The van der Waals surface area contributed by atoms with E-state index in [1.54, 1.807) is 12.4 Å². The van der Waals surface area contributed by atoms with E-state index in [4.69, 9.17) is 4.74 Å². The van der Waals surface area contributed by atoms with Crippen LogP contribution in [0.4, 0.5) is 0 Å². The maximum absolute atomic E-state index is 11.5. The van der Waals surface area contributed by atoms with Gasteiger partial charge in [-0.05, 0) is 23.8 Å². The first-order valence-corrected chi connectivity index (χ1v) is 7.03. The summed E-state index contributed by atoms with van der Waals surface area (Å²) in [4.78, 5) is 15.5. The van der Waals surface area contributed by atoms with Crippen LogP contribution in [0.5, 0.6) is 5.75 Å². The van der Waals surface area contributed by atoms with Crippen molar-refractivity contribution in [1.82, 2.24) is 10.3 Å². The first-order valence-electron chi connectivity index (χ1n) is 7.03. The summed E-state index contributed by atoms with van der Waals surface area (Å²) in [5, 5.41) is 2.89. The molecule has 0 spiro atoms.